The van der Waals surface area contributed by atoms with Gasteiger partial charge in [0.05, 0.1) is 11.8 Å². The predicted molar refractivity (Wildman–Crippen MR) is 113 cm³/mol. The Hall–Kier alpha value is -2.01. The monoisotopic (exact) mass is 380 g/mol. The smallest absolute Gasteiger partial charge is 0.134 e. The quantitative estimate of drug-likeness (QED) is 0.833. The van der Waals surface area contributed by atoms with Gasteiger partial charge >= 0.3 is 0 Å². The van der Waals surface area contributed by atoms with Crippen molar-refractivity contribution in [1.29, 1.82) is 0 Å². The van der Waals surface area contributed by atoms with E-state index in [0.717, 1.165) is 55.2 Å². The van der Waals surface area contributed by atoms with Gasteiger partial charge in [0.15, 0.2) is 0 Å². The van der Waals surface area contributed by atoms with E-state index in [2.05, 4.69) is 47.5 Å². The molecular formula is C23H32N4O. The number of nitrogens with one attached hydrogen (secondary N) is 2. The topological polar surface area (TPSA) is 53.2 Å². The van der Waals surface area contributed by atoms with E-state index in [9.17, 15) is 0 Å². The number of nitrogens with zero attached hydrogens (tertiary/aromatic N) is 2. The second-order valence-electron chi connectivity index (χ2n) is 8.80. The lowest BCUT2D eigenvalue weighted by Gasteiger charge is -2.36. The Balaban J connectivity index is 1.52. The Morgan fingerprint density at radius 1 is 1.11 bits per heavy atom. The van der Waals surface area contributed by atoms with Crippen molar-refractivity contribution >= 4 is 5.69 Å². The first-order valence-electron chi connectivity index (χ1n) is 11.0. The number of H-pyrrole nitrogens is 1. The van der Waals surface area contributed by atoms with E-state index in [4.69, 9.17) is 9.72 Å². The van der Waals surface area contributed by atoms with Crippen molar-refractivity contribution in [3.63, 3.8) is 0 Å². The number of benzene rings is 1. The molecule has 5 nitrogen and oxygen atoms in total. The van der Waals surface area contributed by atoms with Crippen LogP contribution >= 0.6 is 0 Å². The van der Waals surface area contributed by atoms with Crippen molar-refractivity contribution < 1.29 is 4.74 Å². The Morgan fingerprint density at radius 3 is 2.68 bits per heavy atom. The van der Waals surface area contributed by atoms with Gasteiger partial charge < -0.3 is 19.9 Å². The number of fused-ring (bicyclic) bond motifs is 1. The molecule has 150 valence electrons. The lowest BCUT2D eigenvalue weighted by Crippen LogP contribution is -2.34. The highest BCUT2D eigenvalue weighted by Gasteiger charge is 2.29. The minimum atomic E-state index is 0.373. The highest BCUT2D eigenvalue weighted by atomic mass is 16.5. The van der Waals surface area contributed by atoms with Crippen molar-refractivity contribution in [2.75, 3.05) is 25.0 Å². The maximum atomic E-state index is 6.58. The number of aromatic nitrogens is 2. The van der Waals surface area contributed by atoms with Crippen LogP contribution in [0.15, 0.2) is 18.3 Å². The molecule has 1 saturated heterocycles. The predicted octanol–water partition coefficient (Wildman–Crippen LogP) is 4.25. The van der Waals surface area contributed by atoms with Gasteiger partial charge in [0.1, 0.15) is 11.6 Å². The average molecular weight is 381 g/mol. The molecule has 28 heavy (non-hydrogen) atoms. The highest BCUT2D eigenvalue weighted by Crippen LogP contribution is 2.44. The van der Waals surface area contributed by atoms with E-state index in [1.807, 2.05) is 0 Å². The fraction of sp³-hybridized carbons (Fsp3) is 0.609. The van der Waals surface area contributed by atoms with Crippen molar-refractivity contribution in [1.82, 2.24) is 15.3 Å². The molecule has 0 amide bonds. The summed E-state index contributed by atoms with van der Waals surface area (Å²) in [6.45, 7) is 4.47. The van der Waals surface area contributed by atoms with Crippen LogP contribution in [-0.4, -0.2) is 42.3 Å². The Kier molecular flexibility index (Phi) is 4.79. The number of hydrogen-bond acceptors (Lipinski definition) is 4. The van der Waals surface area contributed by atoms with Gasteiger partial charge in [-0.05, 0) is 77.1 Å². The zero-order valence-electron chi connectivity index (χ0n) is 17.1. The standard InChI is InChI=1S/C23H32N4O/c1-15-6-7-19-21(27(15)2)9-8-18(22(19)28-17-4-3-5-17)20-14-25-23(26-20)16-10-12-24-13-11-16/h8-9,14-17,24H,3-7,10-13H2,1-2H3,(H,25,26). The first kappa shape index (κ1) is 18.0. The van der Waals surface area contributed by atoms with E-state index in [-0.39, 0.29) is 0 Å². The summed E-state index contributed by atoms with van der Waals surface area (Å²) in [5.41, 5.74) is 4.89. The third-order valence-corrected chi connectivity index (χ3v) is 7.03. The minimum Gasteiger partial charge on any atom is -0.489 e. The van der Waals surface area contributed by atoms with Crippen LogP contribution in [0.4, 0.5) is 5.69 Å². The van der Waals surface area contributed by atoms with Gasteiger partial charge in [-0.15, -0.1) is 0 Å². The molecule has 0 radical (unpaired) electrons. The zero-order chi connectivity index (χ0) is 19.1. The normalized spacial score (nSPS) is 23.4. The molecule has 1 aliphatic carbocycles. The molecule has 0 spiro atoms. The number of ether oxygens (including phenoxy) is 1. The van der Waals surface area contributed by atoms with Crippen molar-refractivity contribution in [2.45, 2.75) is 69.9 Å². The summed E-state index contributed by atoms with van der Waals surface area (Å²) in [7, 11) is 2.21. The van der Waals surface area contributed by atoms with Gasteiger partial charge in [-0.2, -0.15) is 0 Å². The van der Waals surface area contributed by atoms with Gasteiger partial charge in [-0.25, -0.2) is 4.98 Å². The van der Waals surface area contributed by atoms with Gasteiger partial charge in [0.25, 0.3) is 0 Å². The molecule has 2 N–H and O–H groups in total. The molecule has 2 aliphatic heterocycles. The van der Waals surface area contributed by atoms with Crippen molar-refractivity contribution in [3.05, 3.63) is 29.7 Å². The molecule has 1 aromatic carbocycles. The Bertz CT molecular complexity index is 835. The third kappa shape index (κ3) is 3.20. The highest BCUT2D eigenvalue weighted by molar-refractivity contribution is 5.76. The fourth-order valence-electron chi connectivity index (χ4n) is 4.74. The summed E-state index contributed by atoms with van der Waals surface area (Å²) < 4.78 is 6.58. The molecule has 2 aromatic rings. The fourth-order valence-corrected chi connectivity index (χ4v) is 4.74. The molecule has 5 rings (SSSR count). The number of imidazole rings is 1. The summed E-state index contributed by atoms with van der Waals surface area (Å²) in [4.78, 5) is 10.9. The number of piperidine rings is 1. The average Bonchev–Trinajstić information content (AvgIpc) is 3.18. The van der Waals surface area contributed by atoms with Crippen molar-refractivity contribution in [3.8, 4) is 17.0 Å². The van der Waals surface area contributed by atoms with Gasteiger partial charge in [-0.1, -0.05) is 0 Å². The van der Waals surface area contributed by atoms with Crippen LogP contribution in [0, 0.1) is 0 Å². The largest absolute Gasteiger partial charge is 0.489 e. The summed E-state index contributed by atoms with van der Waals surface area (Å²) >= 11 is 0. The van der Waals surface area contributed by atoms with Crippen molar-refractivity contribution in [2.24, 2.45) is 0 Å². The third-order valence-electron chi connectivity index (χ3n) is 7.03. The molecule has 3 heterocycles. The van der Waals surface area contributed by atoms with E-state index in [1.165, 1.54) is 36.9 Å². The lowest BCUT2D eigenvalue weighted by atomic mass is 9.92. The van der Waals surface area contributed by atoms with Crippen LogP contribution in [0.5, 0.6) is 5.75 Å². The van der Waals surface area contributed by atoms with E-state index in [1.54, 1.807) is 0 Å². The second-order valence-corrected chi connectivity index (χ2v) is 8.80. The first-order chi connectivity index (χ1) is 13.7. The van der Waals surface area contributed by atoms with Gasteiger partial charge in [0, 0.05) is 42.0 Å². The molecular weight excluding hydrogens is 348 g/mol. The van der Waals surface area contributed by atoms with Crippen LogP contribution in [-0.2, 0) is 6.42 Å². The summed E-state index contributed by atoms with van der Waals surface area (Å²) in [5.74, 6) is 2.76. The molecule has 1 saturated carbocycles. The Labute approximate surface area is 167 Å². The molecule has 5 heteroatoms. The molecule has 1 unspecified atom stereocenters. The van der Waals surface area contributed by atoms with Crippen LogP contribution in [0.25, 0.3) is 11.3 Å². The maximum absolute atomic E-state index is 6.58. The second kappa shape index (κ2) is 7.43. The van der Waals surface area contributed by atoms with Crippen LogP contribution in [0.3, 0.4) is 0 Å². The van der Waals surface area contributed by atoms with E-state index in [0.29, 0.717) is 18.1 Å². The lowest BCUT2D eigenvalue weighted by molar-refractivity contribution is 0.119. The van der Waals surface area contributed by atoms with E-state index < -0.39 is 0 Å². The molecule has 1 atom stereocenters. The number of anilines is 1. The summed E-state index contributed by atoms with van der Waals surface area (Å²) in [5, 5.41) is 3.44. The number of rotatable bonds is 4. The maximum Gasteiger partial charge on any atom is 0.134 e. The SMILES string of the molecule is CC1CCc2c(ccc(-c3c[nH]c(C4CCNCC4)n3)c2OC2CCC2)N1C. The van der Waals surface area contributed by atoms with Crippen LogP contribution in [0.1, 0.15) is 62.8 Å². The van der Waals surface area contributed by atoms with Crippen LogP contribution in [0.2, 0.25) is 0 Å². The number of hydrogen-bond donors (Lipinski definition) is 2. The minimum absolute atomic E-state index is 0.373. The molecule has 1 aromatic heterocycles. The van der Waals surface area contributed by atoms with Gasteiger partial charge in [0.2, 0.25) is 0 Å². The van der Waals surface area contributed by atoms with Gasteiger partial charge in [-0.3, -0.25) is 0 Å². The summed E-state index contributed by atoms with van der Waals surface area (Å²) in [6.07, 6.45) is 10.7. The molecule has 2 fully saturated rings. The number of aromatic amines is 1. The zero-order valence-corrected chi connectivity index (χ0v) is 17.1. The molecule has 0 bridgehead atoms. The summed E-state index contributed by atoms with van der Waals surface area (Å²) in [6, 6.07) is 5.07. The Morgan fingerprint density at radius 2 is 1.93 bits per heavy atom. The van der Waals surface area contributed by atoms with Crippen LogP contribution < -0.4 is 15.0 Å². The van der Waals surface area contributed by atoms with E-state index >= 15 is 0 Å². The molecule has 3 aliphatic rings. The first-order valence-corrected chi connectivity index (χ1v) is 11.0.